The molecule has 0 saturated heterocycles. The van der Waals surface area contributed by atoms with Gasteiger partial charge < -0.3 is 0 Å². The lowest BCUT2D eigenvalue weighted by atomic mass is 10.1. The van der Waals surface area contributed by atoms with Crippen LogP contribution in [0.2, 0.25) is 0 Å². The lowest BCUT2D eigenvalue weighted by molar-refractivity contribution is 0.851. The molecule has 84 valence electrons. The Morgan fingerprint density at radius 2 is 2.19 bits per heavy atom. The standard InChI is InChI=1S/C12H13ClN2S/c1-8-3-4-10(14-6-8)5-11(13)12-7-16-9(2)15-12/h3-4,6-7,11H,5H2,1-2H3. The first kappa shape index (κ1) is 11.6. The Morgan fingerprint density at radius 3 is 2.75 bits per heavy atom. The number of hydrogen-bond donors (Lipinski definition) is 0. The molecule has 2 rings (SSSR count). The summed E-state index contributed by atoms with van der Waals surface area (Å²) in [6, 6.07) is 4.07. The molecule has 2 aromatic rings. The molecule has 1 atom stereocenters. The molecule has 2 heterocycles. The van der Waals surface area contributed by atoms with Crippen LogP contribution in [-0.2, 0) is 6.42 Å². The van der Waals surface area contributed by atoms with Gasteiger partial charge in [-0.05, 0) is 25.5 Å². The quantitative estimate of drug-likeness (QED) is 0.779. The highest BCUT2D eigenvalue weighted by atomic mass is 35.5. The Bertz CT molecular complexity index is 464. The molecular weight excluding hydrogens is 240 g/mol. The minimum Gasteiger partial charge on any atom is -0.261 e. The summed E-state index contributed by atoms with van der Waals surface area (Å²) in [5.41, 5.74) is 3.13. The molecule has 0 spiro atoms. The van der Waals surface area contributed by atoms with Crippen LogP contribution in [-0.4, -0.2) is 9.97 Å². The third kappa shape index (κ3) is 2.80. The number of alkyl halides is 1. The lowest BCUT2D eigenvalue weighted by Crippen LogP contribution is -1.98. The summed E-state index contributed by atoms with van der Waals surface area (Å²) in [7, 11) is 0. The molecule has 0 saturated carbocycles. The molecule has 0 N–H and O–H groups in total. The molecule has 1 unspecified atom stereocenters. The van der Waals surface area contributed by atoms with Crippen LogP contribution in [0.3, 0.4) is 0 Å². The van der Waals surface area contributed by atoms with Crippen LogP contribution < -0.4 is 0 Å². The first-order valence-corrected chi connectivity index (χ1v) is 6.44. The summed E-state index contributed by atoms with van der Waals surface area (Å²) in [5, 5.41) is 2.99. The first-order valence-electron chi connectivity index (χ1n) is 5.13. The summed E-state index contributed by atoms with van der Waals surface area (Å²) in [6.45, 7) is 4.01. The number of pyridine rings is 1. The van der Waals surface area contributed by atoms with E-state index < -0.39 is 0 Å². The van der Waals surface area contributed by atoms with Gasteiger partial charge in [-0.3, -0.25) is 4.98 Å². The fourth-order valence-corrected chi connectivity index (χ4v) is 2.44. The summed E-state index contributed by atoms with van der Waals surface area (Å²) in [5.74, 6) is 0. The number of halogens is 1. The molecule has 0 aliphatic heterocycles. The van der Waals surface area contributed by atoms with Crippen LogP contribution in [0, 0.1) is 13.8 Å². The summed E-state index contributed by atoms with van der Waals surface area (Å²) >= 11 is 7.93. The highest BCUT2D eigenvalue weighted by Gasteiger charge is 2.12. The molecule has 0 aliphatic carbocycles. The van der Waals surface area contributed by atoms with Crippen molar-refractivity contribution in [2.45, 2.75) is 25.6 Å². The van der Waals surface area contributed by atoms with Crippen LogP contribution in [0.25, 0.3) is 0 Å². The van der Waals surface area contributed by atoms with E-state index in [1.807, 2.05) is 31.5 Å². The Balaban J connectivity index is 2.07. The maximum Gasteiger partial charge on any atom is 0.0897 e. The molecule has 0 bridgehead atoms. The molecule has 0 radical (unpaired) electrons. The van der Waals surface area contributed by atoms with Crippen molar-refractivity contribution in [3.05, 3.63) is 45.7 Å². The van der Waals surface area contributed by atoms with Gasteiger partial charge in [-0.1, -0.05) is 6.07 Å². The zero-order valence-corrected chi connectivity index (χ0v) is 10.8. The van der Waals surface area contributed by atoms with Gasteiger partial charge in [0.1, 0.15) is 0 Å². The predicted molar refractivity (Wildman–Crippen MR) is 68.1 cm³/mol. The van der Waals surface area contributed by atoms with Crippen molar-refractivity contribution >= 4 is 22.9 Å². The molecular formula is C12H13ClN2S. The molecule has 0 amide bonds. The monoisotopic (exact) mass is 252 g/mol. The van der Waals surface area contributed by atoms with E-state index in [4.69, 9.17) is 11.6 Å². The third-order valence-electron chi connectivity index (χ3n) is 2.32. The predicted octanol–water partition coefficient (Wildman–Crippen LogP) is 3.68. The van der Waals surface area contributed by atoms with E-state index in [9.17, 15) is 0 Å². The third-order valence-corrected chi connectivity index (χ3v) is 3.49. The van der Waals surface area contributed by atoms with Crippen molar-refractivity contribution in [3.8, 4) is 0 Å². The van der Waals surface area contributed by atoms with Crippen molar-refractivity contribution in [2.24, 2.45) is 0 Å². The number of aromatic nitrogens is 2. The summed E-state index contributed by atoms with van der Waals surface area (Å²) in [4.78, 5) is 8.72. The van der Waals surface area contributed by atoms with Gasteiger partial charge in [0.05, 0.1) is 16.1 Å². The van der Waals surface area contributed by atoms with Gasteiger partial charge in [0.2, 0.25) is 0 Å². The highest BCUT2D eigenvalue weighted by molar-refractivity contribution is 7.09. The van der Waals surface area contributed by atoms with Crippen molar-refractivity contribution in [2.75, 3.05) is 0 Å². The molecule has 16 heavy (non-hydrogen) atoms. The Hall–Kier alpha value is -0.930. The van der Waals surface area contributed by atoms with Crippen LogP contribution in [0.4, 0.5) is 0 Å². The number of rotatable bonds is 3. The molecule has 2 nitrogen and oxygen atoms in total. The van der Waals surface area contributed by atoms with E-state index in [1.165, 1.54) is 5.56 Å². The van der Waals surface area contributed by atoms with Crippen LogP contribution >= 0.6 is 22.9 Å². The zero-order chi connectivity index (χ0) is 11.5. The van der Waals surface area contributed by atoms with Gasteiger partial charge in [-0.2, -0.15) is 0 Å². The summed E-state index contributed by atoms with van der Waals surface area (Å²) < 4.78 is 0. The fraction of sp³-hybridized carbons (Fsp3) is 0.333. The van der Waals surface area contributed by atoms with E-state index in [-0.39, 0.29) is 5.38 Å². The topological polar surface area (TPSA) is 25.8 Å². The van der Waals surface area contributed by atoms with Gasteiger partial charge in [-0.25, -0.2) is 4.98 Å². The lowest BCUT2D eigenvalue weighted by Gasteiger charge is -2.05. The average molecular weight is 253 g/mol. The van der Waals surface area contributed by atoms with E-state index in [0.29, 0.717) is 0 Å². The molecule has 2 aromatic heterocycles. The van der Waals surface area contributed by atoms with Gasteiger partial charge >= 0.3 is 0 Å². The van der Waals surface area contributed by atoms with E-state index in [2.05, 4.69) is 16.0 Å². The van der Waals surface area contributed by atoms with Crippen molar-refractivity contribution in [1.82, 2.24) is 9.97 Å². The number of aryl methyl sites for hydroxylation is 2. The van der Waals surface area contributed by atoms with Gasteiger partial charge in [0.15, 0.2) is 0 Å². The Kier molecular flexibility index (Phi) is 3.56. The molecule has 0 aliphatic rings. The summed E-state index contributed by atoms with van der Waals surface area (Å²) in [6.07, 6.45) is 2.59. The minimum absolute atomic E-state index is 0.0832. The Labute approximate surface area is 104 Å². The van der Waals surface area contributed by atoms with Crippen LogP contribution in [0.5, 0.6) is 0 Å². The van der Waals surface area contributed by atoms with Gasteiger partial charge in [-0.15, -0.1) is 22.9 Å². The number of nitrogens with zero attached hydrogens (tertiary/aromatic N) is 2. The molecule has 4 heteroatoms. The van der Waals surface area contributed by atoms with Gasteiger partial charge in [0, 0.05) is 23.7 Å². The van der Waals surface area contributed by atoms with E-state index in [1.54, 1.807) is 11.3 Å². The van der Waals surface area contributed by atoms with Crippen molar-refractivity contribution in [3.63, 3.8) is 0 Å². The van der Waals surface area contributed by atoms with Crippen molar-refractivity contribution < 1.29 is 0 Å². The maximum atomic E-state index is 6.30. The van der Waals surface area contributed by atoms with Crippen LogP contribution in [0.15, 0.2) is 23.7 Å². The molecule has 0 fully saturated rings. The largest absolute Gasteiger partial charge is 0.261 e. The average Bonchev–Trinajstić information content (AvgIpc) is 2.68. The SMILES string of the molecule is Cc1ccc(CC(Cl)c2csc(C)n2)nc1. The minimum atomic E-state index is -0.0832. The normalized spacial score (nSPS) is 12.7. The molecule has 0 aromatic carbocycles. The second kappa shape index (κ2) is 4.93. The highest BCUT2D eigenvalue weighted by Crippen LogP contribution is 2.25. The smallest absolute Gasteiger partial charge is 0.0897 e. The zero-order valence-electron chi connectivity index (χ0n) is 9.27. The van der Waals surface area contributed by atoms with E-state index in [0.717, 1.165) is 22.8 Å². The number of thiazole rings is 1. The first-order chi connectivity index (χ1) is 7.65. The van der Waals surface area contributed by atoms with Crippen LogP contribution in [0.1, 0.15) is 27.3 Å². The number of hydrogen-bond acceptors (Lipinski definition) is 3. The Morgan fingerprint density at radius 1 is 1.38 bits per heavy atom. The maximum absolute atomic E-state index is 6.30. The van der Waals surface area contributed by atoms with Crippen molar-refractivity contribution in [1.29, 1.82) is 0 Å². The second-order valence-electron chi connectivity index (χ2n) is 3.79. The second-order valence-corrected chi connectivity index (χ2v) is 5.38. The van der Waals surface area contributed by atoms with E-state index >= 15 is 0 Å². The fourth-order valence-electron chi connectivity index (χ4n) is 1.43. The van der Waals surface area contributed by atoms with Gasteiger partial charge in [0.25, 0.3) is 0 Å².